The molecular weight excluding hydrogens is 234 g/mol. The van der Waals surface area contributed by atoms with Crippen LogP contribution in [-0.2, 0) is 4.74 Å². The van der Waals surface area contributed by atoms with Gasteiger partial charge in [-0.2, -0.15) is 0 Å². The van der Waals surface area contributed by atoms with Gasteiger partial charge in [-0.05, 0) is 6.92 Å². The third kappa shape index (κ3) is 1.67. The molecular formula is C11H15N5O2. The van der Waals surface area contributed by atoms with Crippen LogP contribution in [0.15, 0.2) is 12.7 Å². The van der Waals surface area contributed by atoms with Gasteiger partial charge in [0.25, 0.3) is 0 Å². The number of nitrogens with zero attached hydrogens (tertiary/aromatic N) is 4. The number of aryl methyl sites for hydroxylation is 1. The summed E-state index contributed by atoms with van der Waals surface area (Å²) in [6.45, 7) is 1.82. The van der Waals surface area contributed by atoms with E-state index in [9.17, 15) is 0 Å². The Balaban J connectivity index is 1.99. The van der Waals surface area contributed by atoms with E-state index in [0.29, 0.717) is 6.42 Å². The molecule has 3 N–H and O–H groups in total. The van der Waals surface area contributed by atoms with Gasteiger partial charge in [0, 0.05) is 12.5 Å². The fourth-order valence-corrected chi connectivity index (χ4v) is 2.28. The van der Waals surface area contributed by atoms with Gasteiger partial charge in [-0.15, -0.1) is 0 Å². The first-order chi connectivity index (χ1) is 8.70. The molecule has 3 atom stereocenters. The molecule has 1 aliphatic heterocycles. The number of hydrogen-bond donors (Lipinski definition) is 2. The quantitative estimate of drug-likeness (QED) is 0.761. The fourth-order valence-electron chi connectivity index (χ4n) is 2.28. The van der Waals surface area contributed by atoms with Crippen molar-refractivity contribution in [2.45, 2.75) is 31.7 Å². The molecule has 3 rings (SSSR count). The average Bonchev–Trinajstić information content (AvgIpc) is 2.93. The first-order valence-corrected chi connectivity index (χ1v) is 5.86. The minimum atomic E-state index is -0.324. The van der Waals surface area contributed by atoms with Crippen LogP contribution in [0.25, 0.3) is 11.2 Å². The van der Waals surface area contributed by atoms with Crippen molar-refractivity contribution in [1.29, 1.82) is 0 Å². The molecule has 18 heavy (non-hydrogen) atoms. The molecule has 0 bridgehead atoms. The molecule has 1 saturated heterocycles. The molecule has 0 aliphatic carbocycles. The zero-order valence-corrected chi connectivity index (χ0v) is 10.0. The molecule has 7 heteroatoms. The third-order valence-electron chi connectivity index (χ3n) is 3.32. The molecule has 1 aliphatic rings. The Morgan fingerprint density at radius 2 is 2.33 bits per heavy atom. The van der Waals surface area contributed by atoms with Gasteiger partial charge in [-0.3, -0.25) is 4.57 Å². The van der Waals surface area contributed by atoms with Gasteiger partial charge < -0.3 is 15.6 Å². The van der Waals surface area contributed by atoms with E-state index >= 15 is 0 Å². The van der Waals surface area contributed by atoms with Gasteiger partial charge in [0.05, 0.1) is 24.7 Å². The highest BCUT2D eigenvalue weighted by Gasteiger charge is 2.34. The summed E-state index contributed by atoms with van der Waals surface area (Å²) in [5, 5.41) is 9.15. The van der Waals surface area contributed by atoms with Gasteiger partial charge >= 0.3 is 0 Å². The van der Waals surface area contributed by atoms with Crippen molar-refractivity contribution < 1.29 is 9.84 Å². The maximum absolute atomic E-state index is 9.15. The lowest BCUT2D eigenvalue weighted by Crippen LogP contribution is -2.32. The molecule has 96 valence electrons. The molecule has 0 spiro atoms. The highest BCUT2D eigenvalue weighted by molar-refractivity contribution is 5.72. The molecule has 2 aromatic heterocycles. The molecule has 2 aromatic rings. The largest absolute Gasteiger partial charge is 0.394 e. The zero-order chi connectivity index (χ0) is 12.7. The minimum Gasteiger partial charge on any atom is -0.394 e. The molecule has 3 heterocycles. The lowest BCUT2D eigenvalue weighted by atomic mass is 10.1. The van der Waals surface area contributed by atoms with Crippen LogP contribution in [0.3, 0.4) is 0 Å². The van der Waals surface area contributed by atoms with E-state index in [2.05, 4.69) is 15.0 Å². The van der Waals surface area contributed by atoms with Crippen molar-refractivity contribution in [1.82, 2.24) is 19.5 Å². The summed E-state index contributed by atoms with van der Waals surface area (Å²) in [4.78, 5) is 12.6. The Bertz CT molecular complexity index is 570. The number of fused-ring (bicyclic) bond motifs is 1. The Kier molecular flexibility index (Phi) is 2.73. The van der Waals surface area contributed by atoms with Gasteiger partial charge in [0.15, 0.2) is 5.65 Å². The summed E-state index contributed by atoms with van der Waals surface area (Å²) >= 11 is 0. The standard InChI is InChI=1S/C11H15N5O2/c1-6-10-11(14-4-13-6)16(5-15-10)9-2-7(12)8(3-17)18-9/h4-5,7-9,17H,2-3,12H2,1H3/t7-,8-,9-/m1/s1. The van der Waals surface area contributed by atoms with Crippen LogP contribution in [0, 0.1) is 6.92 Å². The summed E-state index contributed by atoms with van der Waals surface area (Å²) in [6, 6.07) is -0.166. The summed E-state index contributed by atoms with van der Waals surface area (Å²) in [6.07, 6.45) is 3.28. The molecule has 0 unspecified atom stereocenters. The SMILES string of the molecule is Cc1ncnc2c1ncn2[C@H]1C[C@@H](N)[C@@H](CO)O1. The van der Waals surface area contributed by atoms with E-state index in [-0.39, 0.29) is 25.0 Å². The lowest BCUT2D eigenvalue weighted by Gasteiger charge is -2.13. The van der Waals surface area contributed by atoms with Gasteiger partial charge in [-0.1, -0.05) is 0 Å². The van der Waals surface area contributed by atoms with Crippen LogP contribution in [0.2, 0.25) is 0 Å². The van der Waals surface area contributed by atoms with E-state index < -0.39 is 0 Å². The highest BCUT2D eigenvalue weighted by Crippen LogP contribution is 2.29. The van der Waals surface area contributed by atoms with E-state index in [1.807, 2.05) is 11.5 Å². The number of aromatic nitrogens is 4. The maximum atomic E-state index is 9.15. The highest BCUT2D eigenvalue weighted by atomic mass is 16.5. The molecule has 0 saturated carbocycles. The van der Waals surface area contributed by atoms with Crippen molar-refractivity contribution >= 4 is 11.2 Å². The number of aliphatic hydroxyl groups is 1. The van der Waals surface area contributed by atoms with Crippen LogP contribution in [-0.4, -0.2) is 43.4 Å². The molecule has 0 amide bonds. The Hall–Kier alpha value is -1.57. The van der Waals surface area contributed by atoms with Crippen LogP contribution in [0.4, 0.5) is 0 Å². The fraction of sp³-hybridized carbons (Fsp3) is 0.545. The number of imidazole rings is 1. The molecule has 0 radical (unpaired) electrons. The van der Waals surface area contributed by atoms with E-state index in [1.165, 1.54) is 6.33 Å². The van der Waals surface area contributed by atoms with Crippen molar-refractivity contribution in [3.63, 3.8) is 0 Å². The number of nitrogens with two attached hydrogens (primary N) is 1. The van der Waals surface area contributed by atoms with Crippen LogP contribution < -0.4 is 5.73 Å². The second kappa shape index (κ2) is 4.27. The molecule has 0 aromatic carbocycles. The van der Waals surface area contributed by atoms with Crippen LogP contribution in [0.1, 0.15) is 18.3 Å². The van der Waals surface area contributed by atoms with Crippen LogP contribution in [0.5, 0.6) is 0 Å². The van der Waals surface area contributed by atoms with Crippen LogP contribution >= 0.6 is 0 Å². The number of ether oxygens (including phenoxy) is 1. The summed E-state index contributed by atoms with van der Waals surface area (Å²) in [5.74, 6) is 0. The van der Waals surface area contributed by atoms with Gasteiger partial charge in [0.1, 0.15) is 18.1 Å². The zero-order valence-electron chi connectivity index (χ0n) is 10.0. The van der Waals surface area contributed by atoms with Crippen molar-refractivity contribution in [3.05, 3.63) is 18.3 Å². The number of rotatable bonds is 2. The number of aliphatic hydroxyl groups excluding tert-OH is 1. The second-order valence-corrected chi connectivity index (χ2v) is 4.49. The molecule has 1 fully saturated rings. The van der Waals surface area contributed by atoms with Crippen molar-refractivity contribution in [3.8, 4) is 0 Å². The predicted octanol–water partition coefficient (Wildman–Crippen LogP) is -0.258. The maximum Gasteiger partial charge on any atom is 0.165 e. The normalized spacial score (nSPS) is 28.1. The minimum absolute atomic E-state index is 0.0711. The van der Waals surface area contributed by atoms with Crippen molar-refractivity contribution in [2.75, 3.05) is 6.61 Å². The summed E-state index contributed by atoms with van der Waals surface area (Å²) < 4.78 is 7.55. The summed E-state index contributed by atoms with van der Waals surface area (Å²) in [7, 11) is 0. The van der Waals surface area contributed by atoms with E-state index in [1.54, 1.807) is 6.33 Å². The Labute approximate surface area is 104 Å². The van der Waals surface area contributed by atoms with E-state index in [4.69, 9.17) is 15.6 Å². The van der Waals surface area contributed by atoms with Gasteiger partial charge in [-0.25, -0.2) is 15.0 Å². The van der Waals surface area contributed by atoms with E-state index in [0.717, 1.165) is 16.9 Å². The molecule has 7 nitrogen and oxygen atoms in total. The van der Waals surface area contributed by atoms with Gasteiger partial charge in [0.2, 0.25) is 0 Å². The third-order valence-corrected chi connectivity index (χ3v) is 3.32. The monoisotopic (exact) mass is 249 g/mol. The average molecular weight is 249 g/mol. The lowest BCUT2D eigenvalue weighted by molar-refractivity contribution is -0.0233. The first-order valence-electron chi connectivity index (χ1n) is 5.86. The van der Waals surface area contributed by atoms with Crippen molar-refractivity contribution in [2.24, 2.45) is 5.73 Å². The smallest absolute Gasteiger partial charge is 0.165 e. The second-order valence-electron chi connectivity index (χ2n) is 4.49. The summed E-state index contributed by atoms with van der Waals surface area (Å²) in [5.41, 5.74) is 8.24. The predicted molar refractivity (Wildman–Crippen MR) is 63.6 cm³/mol. The Morgan fingerprint density at radius 1 is 1.50 bits per heavy atom. The topological polar surface area (TPSA) is 99.1 Å². The first kappa shape index (κ1) is 11.5. The Morgan fingerprint density at radius 3 is 3.06 bits per heavy atom. The number of hydrogen-bond acceptors (Lipinski definition) is 6.